The van der Waals surface area contributed by atoms with E-state index in [9.17, 15) is 4.79 Å². The van der Waals surface area contributed by atoms with Gasteiger partial charge in [-0.2, -0.15) is 0 Å². The lowest BCUT2D eigenvalue weighted by Gasteiger charge is -2.13. The number of carbonyl (C=O) groups is 1. The van der Waals surface area contributed by atoms with E-state index < -0.39 is 5.41 Å². The Morgan fingerprint density at radius 2 is 2.21 bits per heavy atom. The fraction of sp³-hybridized carbons (Fsp3) is 0.400. The molecule has 2 aromatic heterocycles. The van der Waals surface area contributed by atoms with Crippen LogP contribution in [0.4, 0.5) is 0 Å². The molecule has 0 atom stereocenters. The Bertz CT molecular complexity index is 475. The summed E-state index contributed by atoms with van der Waals surface area (Å²) in [4.78, 5) is 11.9. The van der Waals surface area contributed by atoms with E-state index in [1.54, 1.807) is 0 Å². The minimum absolute atomic E-state index is 0.00227. The standard InChI is InChI=1S/C10H11NO2S/c1-10(2,3)9(12)7-8-6(11-13-7)4-5-14-8/h4-5H,1-3H3. The van der Waals surface area contributed by atoms with Crippen LogP contribution in [0.25, 0.3) is 10.2 Å². The molecule has 0 amide bonds. The summed E-state index contributed by atoms with van der Waals surface area (Å²) < 4.78 is 5.91. The van der Waals surface area contributed by atoms with E-state index in [-0.39, 0.29) is 5.78 Å². The topological polar surface area (TPSA) is 43.1 Å². The molecule has 0 fully saturated rings. The predicted octanol–water partition coefficient (Wildman–Crippen LogP) is 3.12. The lowest BCUT2D eigenvalue weighted by atomic mass is 9.89. The van der Waals surface area contributed by atoms with E-state index in [0.717, 1.165) is 10.2 Å². The molecule has 3 nitrogen and oxygen atoms in total. The summed E-state index contributed by atoms with van der Waals surface area (Å²) in [5, 5.41) is 5.74. The van der Waals surface area contributed by atoms with Crippen molar-refractivity contribution in [3.05, 3.63) is 17.2 Å². The highest BCUT2D eigenvalue weighted by Gasteiger charge is 2.28. The Kier molecular flexibility index (Phi) is 1.96. The Balaban J connectivity index is 2.54. The smallest absolute Gasteiger partial charge is 0.220 e. The summed E-state index contributed by atoms with van der Waals surface area (Å²) in [6, 6.07) is 1.85. The van der Waals surface area contributed by atoms with Crippen LogP contribution >= 0.6 is 11.3 Å². The van der Waals surface area contributed by atoms with Gasteiger partial charge in [-0.25, -0.2) is 0 Å². The molecule has 0 aliphatic heterocycles. The van der Waals surface area contributed by atoms with Gasteiger partial charge in [0.15, 0.2) is 0 Å². The van der Waals surface area contributed by atoms with Crippen LogP contribution in [-0.4, -0.2) is 10.9 Å². The average molecular weight is 209 g/mol. The highest BCUT2D eigenvalue weighted by molar-refractivity contribution is 7.17. The molecule has 0 aliphatic rings. The molecule has 0 unspecified atom stereocenters. The third-order valence-electron chi connectivity index (χ3n) is 1.97. The minimum Gasteiger partial charge on any atom is -0.351 e. The van der Waals surface area contributed by atoms with Gasteiger partial charge in [-0.1, -0.05) is 25.9 Å². The zero-order valence-corrected chi connectivity index (χ0v) is 9.14. The van der Waals surface area contributed by atoms with Crippen LogP contribution < -0.4 is 0 Å². The van der Waals surface area contributed by atoms with Crippen LogP contribution in [0, 0.1) is 5.41 Å². The number of thiophene rings is 1. The minimum atomic E-state index is -0.420. The van der Waals surface area contributed by atoms with Gasteiger partial charge in [0.1, 0.15) is 10.2 Å². The van der Waals surface area contributed by atoms with E-state index >= 15 is 0 Å². The lowest BCUT2D eigenvalue weighted by Crippen LogP contribution is -2.19. The van der Waals surface area contributed by atoms with Gasteiger partial charge in [-0.05, 0) is 11.4 Å². The Labute approximate surface area is 85.7 Å². The molecule has 0 saturated carbocycles. The molecule has 4 heteroatoms. The molecule has 2 heterocycles. The fourth-order valence-electron chi connectivity index (χ4n) is 1.17. The summed E-state index contributed by atoms with van der Waals surface area (Å²) in [7, 11) is 0. The third-order valence-corrected chi connectivity index (χ3v) is 2.88. The molecular formula is C10H11NO2S. The molecular weight excluding hydrogens is 198 g/mol. The second kappa shape index (κ2) is 2.92. The summed E-state index contributed by atoms with van der Waals surface area (Å²) in [5.74, 6) is 0.393. The van der Waals surface area contributed by atoms with Crippen molar-refractivity contribution in [1.29, 1.82) is 0 Å². The van der Waals surface area contributed by atoms with Crippen molar-refractivity contribution >= 4 is 27.3 Å². The molecule has 0 aromatic carbocycles. The zero-order valence-electron chi connectivity index (χ0n) is 8.33. The van der Waals surface area contributed by atoms with Crippen LogP contribution in [0.1, 0.15) is 31.3 Å². The molecule has 0 saturated heterocycles. The highest BCUT2D eigenvalue weighted by atomic mass is 32.1. The van der Waals surface area contributed by atoms with Crippen LogP contribution in [0.2, 0.25) is 0 Å². The van der Waals surface area contributed by atoms with Gasteiger partial charge in [0.25, 0.3) is 0 Å². The van der Waals surface area contributed by atoms with Gasteiger partial charge in [-0.3, -0.25) is 4.79 Å². The van der Waals surface area contributed by atoms with Crippen molar-refractivity contribution in [2.75, 3.05) is 0 Å². The van der Waals surface area contributed by atoms with Crippen molar-refractivity contribution in [1.82, 2.24) is 5.16 Å². The van der Waals surface area contributed by atoms with Crippen molar-refractivity contribution in [2.45, 2.75) is 20.8 Å². The van der Waals surface area contributed by atoms with Crippen LogP contribution in [0.5, 0.6) is 0 Å². The SMILES string of the molecule is CC(C)(C)C(=O)c1onc2ccsc12. The van der Waals surface area contributed by atoms with E-state index in [2.05, 4.69) is 5.16 Å². The van der Waals surface area contributed by atoms with Crippen molar-refractivity contribution < 1.29 is 9.32 Å². The van der Waals surface area contributed by atoms with Crippen LogP contribution in [0.15, 0.2) is 16.0 Å². The molecule has 74 valence electrons. The Hall–Kier alpha value is -1.16. The van der Waals surface area contributed by atoms with Crippen LogP contribution in [0.3, 0.4) is 0 Å². The molecule has 0 N–H and O–H groups in total. The number of hydrogen-bond acceptors (Lipinski definition) is 4. The van der Waals surface area contributed by atoms with Gasteiger partial charge < -0.3 is 4.52 Å². The first-order valence-electron chi connectivity index (χ1n) is 4.38. The third kappa shape index (κ3) is 1.35. The number of carbonyl (C=O) groups excluding carboxylic acids is 1. The molecule has 0 aliphatic carbocycles. The highest BCUT2D eigenvalue weighted by Crippen LogP contribution is 2.29. The maximum atomic E-state index is 11.9. The zero-order chi connectivity index (χ0) is 10.3. The Morgan fingerprint density at radius 3 is 2.86 bits per heavy atom. The number of rotatable bonds is 1. The van der Waals surface area contributed by atoms with Crippen molar-refractivity contribution in [3.8, 4) is 0 Å². The van der Waals surface area contributed by atoms with Crippen molar-refractivity contribution in [2.24, 2.45) is 5.41 Å². The maximum absolute atomic E-state index is 11.9. The summed E-state index contributed by atoms with van der Waals surface area (Å²) >= 11 is 1.49. The normalized spacial score (nSPS) is 12.2. The number of aromatic nitrogens is 1. The van der Waals surface area contributed by atoms with Gasteiger partial charge in [0.2, 0.25) is 11.5 Å². The van der Waals surface area contributed by atoms with Crippen LogP contribution in [-0.2, 0) is 0 Å². The Morgan fingerprint density at radius 1 is 1.50 bits per heavy atom. The predicted molar refractivity (Wildman–Crippen MR) is 55.7 cm³/mol. The van der Waals surface area contributed by atoms with Gasteiger partial charge in [0, 0.05) is 5.41 Å². The molecule has 0 bridgehead atoms. The van der Waals surface area contributed by atoms with Gasteiger partial charge in [-0.15, -0.1) is 11.3 Å². The van der Waals surface area contributed by atoms with Gasteiger partial charge in [0.05, 0.1) is 0 Å². The quantitative estimate of drug-likeness (QED) is 0.678. The largest absolute Gasteiger partial charge is 0.351 e. The van der Waals surface area contributed by atoms with Gasteiger partial charge >= 0.3 is 0 Å². The summed E-state index contributed by atoms with van der Waals surface area (Å²) in [5.41, 5.74) is 0.346. The fourth-order valence-corrected chi connectivity index (χ4v) is 1.96. The van der Waals surface area contributed by atoms with E-state index in [1.165, 1.54) is 11.3 Å². The number of ketones is 1. The second-order valence-corrected chi connectivity index (χ2v) is 5.14. The molecule has 2 aromatic rings. The van der Waals surface area contributed by atoms with E-state index in [1.807, 2.05) is 32.2 Å². The van der Waals surface area contributed by atoms with Crippen molar-refractivity contribution in [3.63, 3.8) is 0 Å². The number of nitrogens with zero attached hydrogens (tertiary/aromatic N) is 1. The summed E-state index contributed by atoms with van der Waals surface area (Å²) in [6.45, 7) is 5.62. The molecule has 2 rings (SSSR count). The molecule has 14 heavy (non-hydrogen) atoms. The lowest BCUT2D eigenvalue weighted by molar-refractivity contribution is 0.0822. The van der Waals surface area contributed by atoms with E-state index in [4.69, 9.17) is 4.52 Å². The second-order valence-electron chi connectivity index (χ2n) is 4.23. The van der Waals surface area contributed by atoms with E-state index in [0.29, 0.717) is 5.76 Å². The first-order valence-corrected chi connectivity index (χ1v) is 5.26. The molecule has 0 radical (unpaired) electrons. The molecule has 0 spiro atoms. The summed E-state index contributed by atoms with van der Waals surface area (Å²) in [6.07, 6.45) is 0. The number of hydrogen-bond donors (Lipinski definition) is 0. The number of Topliss-reactive ketones (excluding diaryl/α,β-unsaturated/α-hetero) is 1. The first kappa shape index (κ1) is 9.40. The number of fused-ring (bicyclic) bond motifs is 1. The first-order chi connectivity index (χ1) is 6.50. The average Bonchev–Trinajstić information content (AvgIpc) is 2.59. The monoisotopic (exact) mass is 209 g/mol. The maximum Gasteiger partial charge on any atom is 0.220 e.